The van der Waals surface area contributed by atoms with Crippen molar-refractivity contribution in [1.29, 1.82) is 0 Å². The minimum absolute atomic E-state index is 0.481. The smallest absolute Gasteiger partial charge is 0.0920 e. The van der Waals surface area contributed by atoms with Gasteiger partial charge in [0.25, 0.3) is 0 Å². The zero-order valence-corrected chi connectivity index (χ0v) is 13.3. The van der Waals surface area contributed by atoms with Gasteiger partial charge in [-0.15, -0.1) is 0 Å². The Morgan fingerprint density at radius 3 is 2.53 bits per heavy atom. The third kappa shape index (κ3) is 3.38. The van der Waals surface area contributed by atoms with Crippen LogP contribution in [0.25, 0.3) is 0 Å². The predicted molar refractivity (Wildman–Crippen MR) is 83.6 cm³/mol. The lowest BCUT2D eigenvalue weighted by Crippen LogP contribution is -2.25. The summed E-state index contributed by atoms with van der Waals surface area (Å²) in [6.45, 7) is 3.81. The van der Waals surface area contributed by atoms with Gasteiger partial charge in [0, 0.05) is 15.9 Å². The maximum atomic E-state index is 10.7. The molecule has 0 amide bonds. The zero-order chi connectivity index (χ0) is 14.0. The summed E-state index contributed by atoms with van der Waals surface area (Å²) in [5, 5.41) is 11.4. The molecule has 0 radical (unpaired) electrons. The monoisotopic (exact) mass is 338 g/mol. The second kappa shape index (κ2) is 5.66. The molecule has 2 aromatic carbocycles. The van der Waals surface area contributed by atoms with E-state index in [1.807, 2.05) is 56.3 Å². The van der Waals surface area contributed by atoms with E-state index in [1.165, 1.54) is 0 Å². The molecule has 2 rings (SSSR count). The van der Waals surface area contributed by atoms with E-state index in [4.69, 9.17) is 11.6 Å². The fraction of sp³-hybridized carbons (Fsp3) is 0.250. The summed E-state index contributed by atoms with van der Waals surface area (Å²) in [4.78, 5) is 0. The van der Waals surface area contributed by atoms with E-state index in [-0.39, 0.29) is 0 Å². The van der Waals surface area contributed by atoms with Crippen molar-refractivity contribution in [1.82, 2.24) is 0 Å². The zero-order valence-electron chi connectivity index (χ0n) is 11.0. The van der Waals surface area contributed by atoms with Crippen LogP contribution in [0.3, 0.4) is 0 Å². The molecule has 0 fully saturated rings. The van der Waals surface area contributed by atoms with Crippen LogP contribution >= 0.6 is 27.5 Å². The first-order valence-corrected chi connectivity index (χ1v) is 7.30. The van der Waals surface area contributed by atoms with Crippen LogP contribution in [0.5, 0.6) is 0 Å². The topological polar surface area (TPSA) is 20.2 Å². The van der Waals surface area contributed by atoms with Gasteiger partial charge in [0.05, 0.1) is 5.60 Å². The molecule has 1 nitrogen and oxygen atoms in total. The summed E-state index contributed by atoms with van der Waals surface area (Å²) in [5.74, 6) is 0. The summed E-state index contributed by atoms with van der Waals surface area (Å²) in [6.07, 6.45) is 0.481. The Labute approximate surface area is 127 Å². The highest BCUT2D eigenvalue weighted by atomic mass is 79.9. The first kappa shape index (κ1) is 14.6. The maximum absolute atomic E-state index is 10.7. The lowest BCUT2D eigenvalue weighted by atomic mass is 9.89. The average molecular weight is 340 g/mol. The van der Waals surface area contributed by atoms with Gasteiger partial charge in [-0.3, -0.25) is 0 Å². The van der Waals surface area contributed by atoms with Gasteiger partial charge in [0.15, 0.2) is 0 Å². The minimum Gasteiger partial charge on any atom is -0.385 e. The number of benzene rings is 2. The van der Waals surface area contributed by atoms with Crippen molar-refractivity contribution in [2.45, 2.75) is 25.9 Å². The van der Waals surface area contributed by atoms with Crippen LogP contribution in [-0.4, -0.2) is 5.11 Å². The van der Waals surface area contributed by atoms with E-state index in [2.05, 4.69) is 15.9 Å². The molecule has 1 N–H and O–H groups in total. The van der Waals surface area contributed by atoms with Gasteiger partial charge in [-0.2, -0.15) is 0 Å². The number of aryl methyl sites for hydroxylation is 1. The molecule has 19 heavy (non-hydrogen) atoms. The molecule has 0 heterocycles. The summed E-state index contributed by atoms with van der Waals surface area (Å²) < 4.78 is 0.906. The largest absolute Gasteiger partial charge is 0.385 e. The molecule has 0 aliphatic heterocycles. The normalized spacial score (nSPS) is 14.2. The summed E-state index contributed by atoms with van der Waals surface area (Å²) in [6, 6.07) is 13.6. The summed E-state index contributed by atoms with van der Waals surface area (Å²) in [5.41, 5.74) is 1.98. The second-order valence-corrected chi connectivity index (χ2v) is 6.29. The molecule has 0 aromatic heterocycles. The highest BCUT2D eigenvalue weighted by Crippen LogP contribution is 2.33. The van der Waals surface area contributed by atoms with Crippen LogP contribution in [-0.2, 0) is 12.0 Å². The van der Waals surface area contributed by atoms with Crippen molar-refractivity contribution in [2.75, 3.05) is 0 Å². The van der Waals surface area contributed by atoms with Gasteiger partial charge in [0.1, 0.15) is 0 Å². The van der Waals surface area contributed by atoms with Crippen molar-refractivity contribution in [3.8, 4) is 0 Å². The summed E-state index contributed by atoms with van der Waals surface area (Å²) in [7, 11) is 0. The van der Waals surface area contributed by atoms with Crippen LogP contribution in [0.2, 0.25) is 5.02 Å². The third-order valence-electron chi connectivity index (χ3n) is 3.20. The third-order valence-corrected chi connectivity index (χ3v) is 4.24. The molecule has 3 heteroatoms. The Balaban J connectivity index is 2.33. The van der Waals surface area contributed by atoms with Gasteiger partial charge in [0.2, 0.25) is 0 Å². The number of halogens is 2. The fourth-order valence-electron chi connectivity index (χ4n) is 2.16. The SMILES string of the molecule is Cc1ccc(CC(C)(O)c2ccccc2Br)c(Cl)c1. The lowest BCUT2D eigenvalue weighted by molar-refractivity contribution is 0.0569. The van der Waals surface area contributed by atoms with Crippen LogP contribution < -0.4 is 0 Å². The average Bonchev–Trinajstić information content (AvgIpc) is 2.33. The lowest BCUT2D eigenvalue weighted by Gasteiger charge is -2.25. The Bertz CT molecular complexity index is 593. The molecule has 0 saturated heterocycles. The molecule has 1 atom stereocenters. The standard InChI is InChI=1S/C16H16BrClO/c1-11-7-8-12(15(18)9-11)10-16(2,19)13-5-3-4-6-14(13)17/h3-9,19H,10H2,1-2H3. The first-order chi connectivity index (χ1) is 8.90. The highest BCUT2D eigenvalue weighted by molar-refractivity contribution is 9.10. The van der Waals surface area contributed by atoms with Crippen molar-refractivity contribution >= 4 is 27.5 Å². The molecule has 2 aromatic rings. The molecule has 0 aliphatic rings. The van der Waals surface area contributed by atoms with Crippen molar-refractivity contribution in [2.24, 2.45) is 0 Å². The van der Waals surface area contributed by atoms with Crippen LogP contribution in [0.1, 0.15) is 23.6 Å². The predicted octanol–water partition coefficient (Wildman–Crippen LogP) is 4.86. The van der Waals surface area contributed by atoms with E-state index >= 15 is 0 Å². The van der Waals surface area contributed by atoms with E-state index in [0.717, 1.165) is 21.2 Å². The van der Waals surface area contributed by atoms with Gasteiger partial charge in [-0.25, -0.2) is 0 Å². The first-order valence-electron chi connectivity index (χ1n) is 6.12. The number of hydrogen-bond donors (Lipinski definition) is 1. The van der Waals surface area contributed by atoms with Crippen LogP contribution in [0.4, 0.5) is 0 Å². The minimum atomic E-state index is -0.959. The Kier molecular flexibility index (Phi) is 4.34. The van der Waals surface area contributed by atoms with Crippen LogP contribution in [0.15, 0.2) is 46.9 Å². The van der Waals surface area contributed by atoms with E-state index in [1.54, 1.807) is 0 Å². The fourth-order valence-corrected chi connectivity index (χ4v) is 3.17. The molecule has 0 saturated carbocycles. The van der Waals surface area contributed by atoms with Gasteiger partial charge >= 0.3 is 0 Å². The summed E-state index contributed by atoms with van der Waals surface area (Å²) >= 11 is 9.72. The Morgan fingerprint density at radius 1 is 1.21 bits per heavy atom. The van der Waals surface area contributed by atoms with E-state index in [0.29, 0.717) is 11.4 Å². The van der Waals surface area contributed by atoms with Crippen molar-refractivity contribution < 1.29 is 5.11 Å². The molecule has 1 unspecified atom stereocenters. The number of aliphatic hydroxyl groups is 1. The molecule has 100 valence electrons. The Morgan fingerprint density at radius 2 is 1.89 bits per heavy atom. The van der Waals surface area contributed by atoms with Crippen molar-refractivity contribution in [3.63, 3.8) is 0 Å². The highest BCUT2D eigenvalue weighted by Gasteiger charge is 2.26. The number of rotatable bonds is 3. The van der Waals surface area contributed by atoms with E-state index < -0.39 is 5.60 Å². The molecule has 0 bridgehead atoms. The Hall–Kier alpha value is -0.830. The molecule has 0 spiro atoms. The molecule has 0 aliphatic carbocycles. The second-order valence-electron chi connectivity index (χ2n) is 5.03. The van der Waals surface area contributed by atoms with Gasteiger partial charge in [-0.05, 0) is 42.7 Å². The van der Waals surface area contributed by atoms with Crippen molar-refractivity contribution in [3.05, 3.63) is 68.7 Å². The quantitative estimate of drug-likeness (QED) is 0.846. The van der Waals surface area contributed by atoms with E-state index in [9.17, 15) is 5.11 Å². The van der Waals surface area contributed by atoms with Gasteiger partial charge < -0.3 is 5.11 Å². The number of hydrogen-bond acceptors (Lipinski definition) is 1. The van der Waals surface area contributed by atoms with Gasteiger partial charge in [-0.1, -0.05) is 57.9 Å². The molecular weight excluding hydrogens is 324 g/mol. The molecular formula is C16H16BrClO. The maximum Gasteiger partial charge on any atom is 0.0920 e. The van der Waals surface area contributed by atoms with Crippen LogP contribution in [0, 0.1) is 6.92 Å².